The molecule has 1 heterocycles. The number of amides is 1. The molecule has 0 bridgehead atoms. The van der Waals surface area contributed by atoms with Gasteiger partial charge in [-0.05, 0) is 30.4 Å². The molecule has 4 N–H and O–H groups in total. The number of aromatic amines is 2. The van der Waals surface area contributed by atoms with E-state index >= 15 is 0 Å². The number of nitrogens with one attached hydrogen (secondary N) is 3. The van der Waals surface area contributed by atoms with Crippen LogP contribution in [0.3, 0.4) is 0 Å². The van der Waals surface area contributed by atoms with E-state index in [2.05, 4.69) is 15.3 Å². The van der Waals surface area contributed by atoms with E-state index in [-0.39, 0.29) is 17.9 Å². The monoisotopic (exact) mass is 361 g/mol. The lowest BCUT2D eigenvalue weighted by Gasteiger charge is -2.17. The van der Waals surface area contributed by atoms with E-state index in [1.165, 1.54) is 24.8 Å². The molecule has 0 spiro atoms. The number of rotatable bonds is 8. The summed E-state index contributed by atoms with van der Waals surface area (Å²) in [4.78, 5) is 39.0. The third-order valence-corrected chi connectivity index (χ3v) is 5.55. The molecule has 0 aliphatic heterocycles. The molecule has 128 valence electrons. The van der Waals surface area contributed by atoms with Crippen molar-refractivity contribution in [2.75, 3.05) is 23.7 Å². The Morgan fingerprint density at radius 1 is 1.48 bits per heavy atom. The van der Waals surface area contributed by atoms with E-state index in [1.807, 2.05) is 6.26 Å². The van der Waals surface area contributed by atoms with Crippen LogP contribution >= 0.6 is 11.8 Å². The molecule has 0 aromatic carbocycles. The van der Waals surface area contributed by atoms with Gasteiger partial charge in [0.2, 0.25) is 5.91 Å². The van der Waals surface area contributed by atoms with Crippen molar-refractivity contribution < 1.29 is 14.5 Å². The van der Waals surface area contributed by atoms with Crippen LogP contribution < -0.4 is 16.6 Å². The normalized spacial score (nSPS) is 13.9. The Hall–Kier alpha value is -1.49. The standard InChI is InChI=1S/C13H19N3O5S2/c1-8-10(12(19)16-13(20)14-8)3-4-11(18)15-9(5-17)6-23(21)7-22-2/h3-4,9,17H,5-7H2,1-2H3,(H,15,18)(H2,14,16,19,20)/b4-3+. The van der Waals surface area contributed by atoms with Crippen molar-refractivity contribution in [3.63, 3.8) is 0 Å². The predicted molar refractivity (Wildman–Crippen MR) is 91.9 cm³/mol. The molecule has 2 atom stereocenters. The number of hydrogen-bond donors (Lipinski definition) is 4. The lowest BCUT2D eigenvalue weighted by Crippen LogP contribution is -2.42. The average Bonchev–Trinajstić information content (AvgIpc) is 2.45. The number of thioether (sulfide) groups is 1. The first-order valence-corrected chi connectivity index (χ1v) is 9.52. The van der Waals surface area contributed by atoms with Gasteiger partial charge in [-0.15, -0.1) is 11.8 Å². The van der Waals surface area contributed by atoms with Crippen LogP contribution in [0.2, 0.25) is 0 Å². The van der Waals surface area contributed by atoms with Gasteiger partial charge < -0.3 is 20.0 Å². The fourth-order valence-electron chi connectivity index (χ4n) is 1.76. The van der Waals surface area contributed by atoms with Gasteiger partial charge in [0.05, 0.1) is 18.2 Å². The van der Waals surface area contributed by atoms with Crippen LogP contribution in [0.15, 0.2) is 15.7 Å². The topological polar surface area (TPSA) is 138 Å². The third-order valence-electron chi connectivity index (χ3n) is 2.78. The number of carbonyl (C=O) groups is 1. The maximum atomic E-state index is 11.8. The molecule has 2 unspecified atom stereocenters. The summed E-state index contributed by atoms with van der Waals surface area (Å²) in [5, 5.41) is 12.2. The second-order valence-corrected chi connectivity index (χ2v) is 7.41. The van der Waals surface area contributed by atoms with Crippen LogP contribution in [-0.2, 0) is 16.0 Å². The Morgan fingerprint density at radius 2 is 2.17 bits per heavy atom. The summed E-state index contributed by atoms with van der Waals surface area (Å²) < 4.78 is 11.6. The molecule has 8 nitrogen and oxygen atoms in total. The average molecular weight is 361 g/mol. The Balaban J connectivity index is 2.72. The van der Waals surface area contributed by atoms with Gasteiger partial charge in [0.15, 0.2) is 5.08 Å². The molecule has 1 aromatic heterocycles. The first kappa shape index (κ1) is 19.6. The number of carbonyl (C=O) groups excluding carboxylic acids is 1. The van der Waals surface area contributed by atoms with Crippen molar-refractivity contribution in [2.24, 2.45) is 0 Å². The zero-order chi connectivity index (χ0) is 17.4. The third kappa shape index (κ3) is 6.65. The zero-order valence-electron chi connectivity index (χ0n) is 12.8. The molecule has 0 aliphatic rings. The first-order chi connectivity index (χ1) is 10.9. The largest absolute Gasteiger partial charge is 0.616 e. The molecule has 0 saturated carbocycles. The highest BCUT2D eigenvalue weighted by Crippen LogP contribution is 2.04. The predicted octanol–water partition coefficient (Wildman–Crippen LogP) is -1.07. The summed E-state index contributed by atoms with van der Waals surface area (Å²) >= 11 is 0.270. The molecule has 0 fully saturated rings. The number of hydrogen-bond acceptors (Lipinski definition) is 6. The summed E-state index contributed by atoms with van der Waals surface area (Å²) in [5.74, 6) is -0.384. The molecular formula is C13H19N3O5S2. The summed E-state index contributed by atoms with van der Waals surface area (Å²) in [6.07, 6.45) is 4.21. The van der Waals surface area contributed by atoms with Gasteiger partial charge in [0.25, 0.3) is 5.56 Å². The summed E-state index contributed by atoms with van der Waals surface area (Å²) in [6, 6.07) is -0.630. The van der Waals surface area contributed by atoms with Gasteiger partial charge in [-0.3, -0.25) is 14.6 Å². The number of aliphatic hydroxyl groups excluding tert-OH is 1. The minimum absolute atomic E-state index is 0.148. The van der Waals surface area contributed by atoms with E-state index < -0.39 is 34.4 Å². The molecule has 10 heteroatoms. The number of aromatic nitrogens is 2. The molecule has 0 saturated heterocycles. The van der Waals surface area contributed by atoms with Crippen molar-refractivity contribution in [2.45, 2.75) is 13.0 Å². The maximum absolute atomic E-state index is 11.8. The quantitative estimate of drug-likeness (QED) is 0.344. The SMILES string of the molecule is CSC[S+]([O-])CC(CO)NC(=O)/C=C/c1c(C)[nH]c(=O)[nH]c1=O. The summed E-state index contributed by atoms with van der Waals surface area (Å²) in [6.45, 7) is 1.20. The second-order valence-electron chi connectivity index (χ2n) is 4.68. The molecule has 1 rings (SSSR count). The highest BCUT2D eigenvalue weighted by molar-refractivity contribution is 8.12. The minimum Gasteiger partial charge on any atom is -0.616 e. The molecule has 1 amide bonds. The van der Waals surface area contributed by atoms with Gasteiger partial charge >= 0.3 is 5.69 Å². The molecule has 0 radical (unpaired) electrons. The van der Waals surface area contributed by atoms with Crippen molar-refractivity contribution in [1.29, 1.82) is 0 Å². The Kier molecular flexibility index (Phi) is 8.17. The minimum atomic E-state index is -1.15. The van der Waals surface area contributed by atoms with Crippen LogP contribution in [0, 0.1) is 6.92 Å². The van der Waals surface area contributed by atoms with Crippen LogP contribution in [0.4, 0.5) is 0 Å². The second kappa shape index (κ2) is 9.60. The Morgan fingerprint density at radius 3 is 2.74 bits per heavy atom. The Labute approximate surface area is 140 Å². The first-order valence-electron chi connectivity index (χ1n) is 6.64. The van der Waals surface area contributed by atoms with Gasteiger partial charge in [-0.2, -0.15) is 0 Å². The van der Waals surface area contributed by atoms with Crippen LogP contribution in [0.25, 0.3) is 6.08 Å². The van der Waals surface area contributed by atoms with Crippen LogP contribution in [0.5, 0.6) is 0 Å². The fourth-order valence-corrected chi connectivity index (χ4v) is 3.84. The molecule has 23 heavy (non-hydrogen) atoms. The fraction of sp³-hybridized carbons (Fsp3) is 0.462. The van der Waals surface area contributed by atoms with Crippen LogP contribution in [-0.4, -0.2) is 55.3 Å². The zero-order valence-corrected chi connectivity index (χ0v) is 14.4. The van der Waals surface area contributed by atoms with E-state index in [0.717, 1.165) is 6.08 Å². The smallest absolute Gasteiger partial charge is 0.325 e. The van der Waals surface area contributed by atoms with Gasteiger partial charge in [-0.1, -0.05) is 0 Å². The van der Waals surface area contributed by atoms with E-state index in [0.29, 0.717) is 10.8 Å². The lowest BCUT2D eigenvalue weighted by molar-refractivity contribution is -0.117. The number of aliphatic hydroxyl groups is 1. The van der Waals surface area contributed by atoms with Gasteiger partial charge in [0, 0.05) is 11.8 Å². The molecule has 0 aliphatic carbocycles. The molecular weight excluding hydrogens is 342 g/mol. The molecule has 1 aromatic rings. The lowest BCUT2D eigenvalue weighted by atomic mass is 10.2. The van der Waals surface area contributed by atoms with Crippen LogP contribution in [0.1, 0.15) is 11.3 Å². The van der Waals surface area contributed by atoms with Gasteiger partial charge in [0.1, 0.15) is 5.75 Å². The summed E-state index contributed by atoms with van der Waals surface area (Å²) in [5.41, 5.74) is -0.727. The highest BCUT2D eigenvalue weighted by atomic mass is 32.3. The van der Waals surface area contributed by atoms with E-state index in [9.17, 15) is 24.0 Å². The number of H-pyrrole nitrogens is 2. The van der Waals surface area contributed by atoms with Crippen molar-refractivity contribution >= 4 is 34.9 Å². The van der Waals surface area contributed by atoms with E-state index in [1.54, 1.807) is 0 Å². The maximum Gasteiger partial charge on any atom is 0.325 e. The van der Waals surface area contributed by atoms with Crippen molar-refractivity contribution in [3.8, 4) is 0 Å². The Bertz CT molecular complexity index is 670. The number of aryl methyl sites for hydroxylation is 1. The van der Waals surface area contributed by atoms with E-state index in [4.69, 9.17) is 0 Å². The van der Waals surface area contributed by atoms with Gasteiger partial charge in [-0.25, -0.2) is 4.79 Å². The highest BCUT2D eigenvalue weighted by Gasteiger charge is 2.17. The van der Waals surface area contributed by atoms with Crippen molar-refractivity contribution in [3.05, 3.63) is 38.2 Å². The summed E-state index contributed by atoms with van der Waals surface area (Å²) in [7, 11) is 0. The van der Waals surface area contributed by atoms with Crippen molar-refractivity contribution in [1.82, 2.24) is 15.3 Å².